The minimum absolute atomic E-state index is 0.0338. The third kappa shape index (κ3) is 4.33. The molecule has 0 aliphatic carbocycles. The summed E-state index contributed by atoms with van der Waals surface area (Å²) < 4.78 is 1.06. The number of hydrogen-bond acceptors (Lipinski definition) is 2. The van der Waals surface area contributed by atoms with Crippen LogP contribution < -0.4 is 10.6 Å². The second-order valence-electron chi connectivity index (χ2n) is 3.61. The summed E-state index contributed by atoms with van der Waals surface area (Å²) in [5.74, 6) is 0.0338. The Bertz CT molecular complexity index is 337. The van der Waals surface area contributed by atoms with Gasteiger partial charge in [0, 0.05) is 17.1 Å². The van der Waals surface area contributed by atoms with Gasteiger partial charge in [0.15, 0.2) is 0 Å². The standard InChI is InChI=1S/C12H17BrN2O/c1-3-14-12(16)8-15-9(2)10-4-6-11(13)7-5-10/h4-7,9,15H,3,8H2,1-2H3,(H,14,16)/t9-/m1/s1. The number of likely N-dealkylation sites (N-methyl/N-ethyl adjacent to an activating group) is 1. The zero-order chi connectivity index (χ0) is 12.0. The minimum atomic E-state index is 0.0338. The molecule has 0 aliphatic heterocycles. The summed E-state index contributed by atoms with van der Waals surface area (Å²) in [5.41, 5.74) is 1.17. The summed E-state index contributed by atoms with van der Waals surface area (Å²) >= 11 is 3.39. The molecule has 0 heterocycles. The van der Waals surface area contributed by atoms with E-state index in [4.69, 9.17) is 0 Å². The zero-order valence-corrected chi connectivity index (χ0v) is 11.2. The summed E-state index contributed by atoms with van der Waals surface area (Å²) in [6.45, 7) is 4.98. The van der Waals surface area contributed by atoms with E-state index >= 15 is 0 Å². The summed E-state index contributed by atoms with van der Waals surface area (Å²) in [6, 6.07) is 8.26. The normalized spacial score (nSPS) is 12.2. The van der Waals surface area contributed by atoms with Crippen molar-refractivity contribution in [3.05, 3.63) is 34.3 Å². The number of hydrogen-bond donors (Lipinski definition) is 2. The third-order valence-electron chi connectivity index (χ3n) is 2.31. The molecule has 88 valence electrons. The van der Waals surface area contributed by atoms with Crippen LogP contribution in [0.15, 0.2) is 28.7 Å². The number of amides is 1. The van der Waals surface area contributed by atoms with Crippen molar-refractivity contribution >= 4 is 21.8 Å². The molecule has 1 amide bonds. The molecule has 16 heavy (non-hydrogen) atoms. The van der Waals surface area contributed by atoms with Gasteiger partial charge >= 0.3 is 0 Å². The van der Waals surface area contributed by atoms with Gasteiger partial charge in [0.05, 0.1) is 6.54 Å². The molecule has 3 nitrogen and oxygen atoms in total. The first-order valence-corrected chi connectivity index (χ1v) is 6.18. The Hall–Kier alpha value is -0.870. The number of carbonyl (C=O) groups excluding carboxylic acids is 1. The molecule has 0 radical (unpaired) electrons. The highest BCUT2D eigenvalue weighted by atomic mass is 79.9. The number of nitrogens with one attached hydrogen (secondary N) is 2. The number of rotatable bonds is 5. The molecule has 0 saturated carbocycles. The van der Waals surface area contributed by atoms with Gasteiger partial charge in [0.1, 0.15) is 0 Å². The largest absolute Gasteiger partial charge is 0.355 e. The summed E-state index contributed by atoms with van der Waals surface area (Å²) in [5, 5.41) is 5.93. The molecule has 1 atom stereocenters. The van der Waals surface area contributed by atoms with Crippen molar-refractivity contribution in [2.45, 2.75) is 19.9 Å². The highest BCUT2D eigenvalue weighted by Gasteiger charge is 2.06. The van der Waals surface area contributed by atoms with Gasteiger partial charge < -0.3 is 10.6 Å². The molecule has 0 spiro atoms. The lowest BCUT2D eigenvalue weighted by Gasteiger charge is -2.13. The van der Waals surface area contributed by atoms with Crippen LogP contribution in [-0.4, -0.2) is 19.0 Å². The molecule has 0 fully saturated rings. The molecule has 0 unspecified atom stereocenters. The van der Waals surface area contributed by atoms with E-state index in [0.717, 1.165) is 4.47 Å². The molecule has 0 aromatic heterocycles. The first-order chi connectivity index (χ1) is 7.63. The number of halogens is 1. The molecule has 0 bridgehead atoms. The van der Waals surface area contributed by atoms with Crippen LogP contribution in [0.2, 0.25) is 0 Å². The molecular formula is C12H17BrN2O. The molecule has 2 N–H and O–H groups in total. The smallest absolute Gasteiger partial charge is 0.233 e. The Morgan fingerprint density at radius 2 is 2.00 bits per heavy atom. The van der Waals surface area contributed by atoms with Crippen LogP contribution >= 0.6 is 15.9 Å². The summed E-state index contributed by atoms with van der Waals surface area (Å²) in [6.07, 6.45) is 0. The SMILES string of the molecule is CCNC(=O)CN[C@H](C)c1ccc(Br)cc1. The van der Waals surface area contributed by atoms with Gasteiger partial charge in [-0.15, -0.1) is 0 Å². The van der Waals surface area contributed by atoms with Crippen LogP contribution in [0.25, 0.3) is 0 Å². The van der Waals surface area contributed by atoms with Crippen molar-refractivity contribution in [2.24, 2.45) is 0 Å². The predicted octanol–water partition coefficient (Wildman–Crippen LogP) is 2.24. The van der Waals surface area contributed by atoms with Crippen LogP contribution in [0.4, 0.5) is 0 Å². The molecule has 0 aliphatic rings. The second-order valence-corrected chi connectivity index (χ2v) is 4.52. The molecule has 1 aromatic rings. The Balaban J connectivity index is 2.43. The predicted molar refractivity (Wildman–Crippen MR) is 69.2 cm³/mol. The maximum absolute atomic E-state index is 11.3. The molecule has 4 heteroatoms. The Labute approximate surface area is 105 Å². The molecule has 0 saturated heterocycles. The van der Waals surface area contributed by atoms with Crippen LogP contribution in [0, 0.1) is 0 Å². The van der Waals surface area contributed by atoms with Crippen molar-refractivity contribution < 1.29 is 4.79 Å². The van der Waals surface area contributed by atoms with E-state index in [-0.39, 0.29) is 11.9 Å². The van der Waals surface area contributed by atoms with Crippen molar-refractivity contribution in [1.82, 2.24) is 10.6 Å². The fourth-order valence-electron chi connectivity index (χ4n) is 1.37. The van der Waals surface area contributed by atoms with Crippen LogP contribution in [-0.2, 0) is 4.79 Å². The third-order valence-corrected chi connectivity index (χ3v) is 2.84. The maximum atomic E-state index is 11.3. The van der Waals surface area contributed by atoms with Gasteiger partial charge in [0.2, 0.25) is 5.91 Å². The first-order valence-electron chi connectivity index (χ1n) is 5.39. The van der Waals surface area contributed by atoms with Crippen LogP contribution in [0.5, 0.6) is 0 Å². The maximum Gasteiger partial charge on any atom is 0.233 e. The number of carbonyl (C=O) groups is 1. The summed E-state index contributed by atoms with van der Waals surface area (Å²) in [4.78, 5) is 11.3. The van der Waals surface area contributed by atoms with Gasteiger partial charge in [-0.2, -0.15) is 0 Å². The van der Waals surface area contributed by atoms with E-state index in [9.17, 15) is 4.79 Å². The van der Waals surface area contributed by atoms with E-state index in [2.05, 4.69) is 26.6 Å². The van der Waals surface area contributed by atoms with E-state index < -0.39 is 0 Å². The van der Waals surface area contributed by atoms with Gasteiger partial charge in [-0.25, -0.2) is 0 Å². The van der Waals surface area contributed by atoms with E-state index in [0.29, 0.717) is 13.1 Å². The van der Waals surface area contributed by atoms with E-state index in [1.807, 2.05) is 38.1 Å². The highest BCUT2D eigenvalue weighted by molar-refractivity contribution is 9.10. The Kier molecular flexibility index (Phi) is 5.49. The van der Waals surface area contributed by atoms with Gasteiger partial charge in [-0.1, -0.05) is 28.1 Å². The van der Waals surface area contributed by atoms with Crippen molar-refractivity contribution in [3.63, 3.8) is 0 Å². The average molecular weight is 285 g/mol. The average Bonchev–Trinajstić information content (AvgIpc) is 2.27. The van der Waals surface area contributed by atoms with Gasteiger partial charge in [0.25, 0.3) is 0 Å². The van der Waals surface area contributed by atoms with Crippen LogP contribution in [0.3, 0.4) is 0 Å². The highest BCUT2D eigenvalue weighted by Crippen LogP contribution is 2.15. The Morgan fingerprint density at radius 3 is 2.56 bits per heavy atom. The molecule has 1 rings (SSSR count). The van der Waals surface area contributed by atoms with Crippen LogP contribution in [0.1, 0.15) is 25.5 Å². The Morgan fingerprint density at radius 1 is 1.38 bits per heavy atom. The topological polar surface area (TPSA) is 41.1 Å². The van der Waals surface area contributed by atoms with Gasteiger partial charge in [-0.05, 0) is 31.5 Å². The summed E-state index contributed by atoms with van der Waals surface area (Å²) in [7, 11) is 0. The number of benzene rings is 1. The van der Waals surface area contributed by atoms with E-state index in [1.165, 1.54) is 5.56 Å². The second kappa shape index (κ2) is 6.66. The van der Waals surface area contributed by atoms with Gasteiger partial charge in [-0.3, -0.25) is 4.79 Å². The lowest BCUT2D eigenvalue weighted by molar-refractivity contribution is -0.120. The van der Waals surface area contributed by atoms with Crippen molar-refractivity contribution in [2.75, 3.05) is 13.1 Å². The minimum Gasteiger partial charge on any atom is -0.355 e. The first kappa shape index (κ1) is 13.2. The fourth-order valence-corrected chi connectivity index (χ4v) is 1.64. The fraction of sp³-hybridized carbons (Fsp3) is 0.417. The van der Waals surface area contributed by atoms with Crippen molar-refractivity contribution in [1.29, 1.82) is 0 Å². The lowest BCUT2D eigenvalue weighted by Crippen LogP contribution is -2.34. The zero-order valence-electron chi connectivity index (χ0n) is 9.59. The monoisotopic (exact) mass is 284 g/mol. The lowest BCUT2D eigenvalue weighted by atomic mass is 10.1. The van der Waals surface area contributed by atoms with E-state index in [1.54, 1.807) is 0 Å². The van der Waals surface area contributed by atoms with Crippen molar-refractivity contribution in [3.8, 4) is 0 Å². The quantitative estimate of drug-likeness (QED) is 0.871. The molecule has 1 aromatic carbocycles. The molecular weight excluding hydrogens is 268 g/mol.